The number of hydrogen-bond donors (Lipinski definition) is 0. The summed E-state index contributed by atoms with van der Waals surface area (Å²) < 4.78 is 50.6. The lowest BCUT2D eigenvalue weighted by Crippen LogP contribution is -2.41. The van der Waals surface area contributed by atoms with E-state index in [1.54, 1.807) is 25.1 Å². The molecule has 0 radical (unpaired) electrons. The van der Waals surface area contributed by atoms with E-state index in [-0.39, 0.29) is 22.9 Å². The Hall–Kier alpha value is -0.440. The molecule has 0 spiro atoms. The standard InChI is InChI=1S/C13H18BrNO4S2/c1-3-15(11-6-7-20(16,17)9-11)21(18,19)13-5-4-10(2)8-12(13)14/h4-5,8,11H,3,6-7,9H2,1-2H3. The highest BCUT2D eigenvalue weighted by Crippen LogP contribution is 2.29. The van der Waals surface area contributed by atoms with Gasteiger partial charge in [0.05, 0.1) is 16.4 Å². The number of sulfone groups is 1. The predicted octanol–water partition coefficient (Wildman–Crippen LogP) is 1.96. The van der Waals surface area contributed by atoms with E-state index in [4.69, 9.17) is 0 Å². The summed E-state index contributed by atoms with van der Waals surface area (Å²) in [5.41, 5.74) is 0.951. The monoisotopic (exact) mass is 395 g/mol. The Morgan fingerprint density at radius 1 is 1.38 bits per heavy atom. The minimum absolute atomic E-state index is 0.0543. The maximum absolute atomic E-state index is 12.8. The van der Waals surface area contributed by atoms with E-state index < -0.39 is 25.9 Å². The van der Waals surface area contributed by atoms with Gasteiger partial charge in [-0.3, -0.25) is 0 Å². The molecule has 1 unspecified atom stereocenters. The van der Waals surface area contributed by atoms with Gasteiger partial charge in [-0.1, -0.05) is 13.0 Å². The topological polar surface area (TPSA) is 71.5 Å². The Kier molecular flexibility index (Phi) is 4.82. The summed E-state index contributed by atoms with van der Waals surface area (Å²) in [6, 6.07) is 4.56. The molecule has 1 aromatic rings. The summed E-state index contributed by atoms with van der Waals surface area (Å²) >= 11 is 3.29. The van der Waals surface area contributed by atoms with Crippen molar-refractivity contribution in [2.75, 3.05) is 18.1 Å². The highest BCUT2D eigenvalue weighted by Gasteiger charge is 2.38. The smallest absolute Gasteiger partial charge is 0.229 e. The van der Waals surface area contributed by atoms with Crippen molar-refractivity contribution in [3.63, 3.8) is 0 Å². The van der Waals surface area contributed by atoms with Crippen LogP contribution in [0.3, 0.4) is 0 Å². The van der Waals surface area contributed by atoms with Gasteiger partial charge in [0.25, 0.3) is 0 Å². The maximum Gasteiger partial charge on any atom is 0.244 e. The second-order valence-corrected chi connectivity index (χ2v) is 10.1. The molecule has 0 bridgehead atoms. The third kappa shape index (κ3) is 3.49. The fraction of sp³-hybridized carbons (Fsp3) is 0.538. The van der Waals surface area contributed by atoms with Crippen molar-refractivity contribution < 1.29 is 16.8 Å². The van der Waals surface area contributed by atoms with Gasteiger partial charge in [-0.05, 0) is 47.0 Å². The summed E-state index contributed by atoms with van der Waals surface area (Å²) in [6.45, 7) is 3.86. The van der Waals surface area contributed by atoms with Crippen molar-refractivity contribution in [1.29, 1.82) is 0 Å². The van der Waals surface area contributed by atoms with Gasteiger partial charge in [0.15, 0.2) is 9.84 Å². The molecule has 1 aliphatic rings. The Morgan fingerprint density at radius 3 is 2.52 bits per heavy atom. The van der Waals surface area contributed by atoms with Crippen molar-refractivity contribution in [3.05, 3.63) is 28.2 Å². The molecule has 0 saturated carbocycles. The van der Waals surface area contributed by atoms with E-state index in [1.807, 2.05) is 6.92 Å². The third-order valence-corrected chi connectivity index (χ3v) is 8.36. The van der Waals surface area contributed by atoms with Crippen LogP contribution in [0.25, 0.3) is 0 Å². The SMILES string of the molecule is CCN(C1CCS(=O)(=O)C1)S(=O)(=O)c1ccc(C)cc1Br. The van der Waals surface area contributed by atoms with Crippen LogP contribution in [0.4, 0.5) is 0 Å². The molecular weight excluding hydrogens is 378 g/mol. The molecule has 0 amide bonds. The number of rotatable bonds is 4. The molecule has 1 atom stereocenters. The molecule has 0 aliphatic carbocycles. The highest BCUT2D eigenvalue weighted by atomic mass is 79.9. The van der Waals surface area contributed by atoms with Crippen molar-refractivity contribution in [3.8, 4) is 0 Å². The number of benzene rings is 1. The molecule has 8 heteroatoms. The Balaban J connectivity index is 2.41. The first-order valence-corrected chi connectivity index (χ1v) is 10.7. The molecule has 1 heterocycles. The molecule has 1 saturated heterocycles. The van der Waals surface area contributed by atoms with E-state index in [2.05, 4.69) is 15.9 Å². The van der Waals surface area contributed by atoms with Crippen LogP contribution in [0.15, 0.2) is 27.6 Å². The van der Waals surface area contributed by atoms with Crippen LogP contribution in [0.5, 0.6) is 0 Å². The zero-order valence-corrected chi connectivity index (χ0v) is 15.1. The van der Waals surface area contributed by atoms with E-state index in [1.165, 1.54) is 4.31 Å². The summed E-state index contributed by atoms with van der Waals surface area (Å²) in [6.07, 6.45) is 0.360. The lowest BCUT2D eigenvalue weighted by Gasteiger charge is -2.26. The molecule has 5 nitrogen and oxygen atoms in total. The lowest BCUT2D eigenvalue weighted by atomic mass is 10.2. The minimum atomic E-state index is -3.71. The van der Waals surface area contributed by atoms with Gasteiger partial charge in [0, 0.05) is 17.1 Å². The molecule has 0 N–H and O–H groups in total. The van der Waals surface area contributed by atoms with E-state index in [9.17, 15) is 16.8 Å². The van der Waals surface area contributed by atoms with Crippen LogP contribution < -0.4 is 0 Å². The summed E-state index contributed by atoms with van der Waals surface area (Å²) in [5, 5.41) is 0. The number of halogens is 1. The number of aryl methyl sites for hydroxylation is 1. The molecule has 1 fully saturated rings. The van der Waals surface area contributed by atoms with Crippen molar-refractivity contribution in [1.82, 2.24) is 4.31 Å². The van der Waals surface area contributed by atoms with Crippen molar-refractivity contribution in [2.24, 2.45) is 0 Å². The zero-order chi connectivity index (χ0) is 15.8. The predicted molar refractivity (Wildman–Crippen MR) is 85.5 cm³/mol. The summed E-state index contributed by atoms with van der Waals surface area (Å²) in [7, 11) is -6.84. The maximum atomic E-state index is 12.8. The van der Waals surface area contributed by atoms with E-state index in [0.29, 0.717) is 10.9 Å². The van der Waals surface area contributed by atoms with E-state index >= 15 is 0 Å². The summed E-state index contributed by atoms with van der Waals surface area (Å²) in [4.78, 5) is 0.180. The number of hydrogen-bond acceptors (Lipinski definition) is 4. The third-order valence-electron chi connectivity index (χ3n) is 3.60. The van der Waals surface area contributed by atoms with E-state index in [0.717, 1.165) is 5.56 Å². The largest absolute Gasteiger partial charge is 0.244 e. The normalized spacial score (nSPS) is 21.8. The first-order valence-electron chi connectivity index (χ1n) is 6.66. The van der Waals surface area contributed by atoms with Crippen LogP contribution in [-0.2, 0) is 19.9 Å². The minimum Gasteiger partial charge on any atom is -0.229 e. The molecule has 1 aliphatic heterocycles. The Labute approximate surface area is 134 Å². The van der Waals surface area contributed by atoms with Crippen LogP contribution in [0.2, 0.25) is 0 Å². The van der Waals surface area contributed by atoms with Gasteiger partial charge in [-0.2, -0.15) is 4.31 Å². The van der Waals surface area contributed by atoms with Gasteiger partial charge in [-0.15, -0.1) is 0 Å². The fourth-order valence-electron chi connectivity index (χ4n) is 2.57. The quantitative estimate of drug-likeness (QED) is 0.780. The van der Waals surface area contributed by atoms with Crippen LogP contribution in [0.1, 0.15) is 18.9 Å². The van der Waals surface area contributed by atoms with Gasteiger partial charge in [0.2, 0.25) is 10.0 Å². The molecule has 0 aromatic heterocycles. The average molecular weight is 396 g/mol. The van der Waals surface area contributed by atoms with Gasteiger partial charge in [-0.25, -0.2) is 16.8 Å². The van der Waals surface area contributed by atoms with Crippen LogP contribution in [0, 0.1) is 6.92 Å². The average Bonchev–Trinajstić information content (AvgIpc) is 2.69. The van der Waals surface area contributed by atoms with Crippen LogP contribution in [-0.4, -0.2) is 45.2 Å². The van der Waals surface area contributed by atoms with Crippen molar-refractivity contribution in [2.45, 2.75) is 31.2 Å². The number of nitrogens with zero attached hydrogens (tertiary/aromatic N) is 1. The van der Waals surface area contributed by atoms with Gasteiger partial charge < -0.3 is 0 Å². The van der Waals surface area contributed by atoms with Gasteiger partial charge >= 0.3 is 0 Å². The Bertz CT molecular complexity index is 743. The first kappa shape index (κ1) is 16.9. The lowest BCUT2D eigenvalue weighted by molar-refractivity contribution is 0.354. The molecule has 21 heavy (non-hydrogen) atoms. The second-order valence-electron chi connectivity index (χ2n) is 5.20. The highest BCUT2D eigenvalue weighted by molar-refractivity contribution is 9.10. The zero-order valence-electron chi connectivity index (χ0n) is 11.9. The number of sulfonamides is 1. The molecule has 118 valence electrons. The first-order chi connectivity index (χ1) is 9.67. The summed E-state index contributed by atoms with van der Waals surface area (Å²) in [5.74, 6) is -0.0394. The fourth-order valence-corrected chi connectivity index (χ4v) is 7.21. The molecule has 1 aromatic carbocycles. The van der Waals surface area contributed by atoms with Crippen molar-refractivity contribution >= 4 is 35.8 Å². The Morgan fingerprint density at radius 2 is 2.05 bits per heavy atom. The second kappa shape index (κ2) is 5.98. The van der Waals surface area contributed by atoms with Crippen LogP contribution >= 0.6 is 15.9 Å². The molecular formula is C13H18BrNO4S2. The molecule has 2 rings (SSSR count). The van der Waals surface area contributed by atoms with Gasteiger partial charge in [0.1, 0.15) is 0 Å².